The Labute approximate surface area is 70.7 Å². The molecule has 0 saturated heterocycles. The Kier molecular flexibility index (Phi) is 2.97. The lowest BCUT2D eigenvalue weighted by Gasteiger charge is -1.96. The zero-order chi connectivity index (χ0) is 8.81. The summed E-state index contributed by atoms with van der Waals surface area (Å²) in [5.41, 5.74) is 0.452. The maximum Gasteiger partial charge on any atom is 0.355 e. The molecule has 0 amide bonds. The van der Waals surface area contributed by atoms with E-state index in [2.05, 4.69) is 16.8 Å². The van der Waals surface area contributed by atoms with Crippen LogP contribution in [0, 0.1) is 11.8 Å². The van der Waals surface area contributed by atoms with Gasteiger partial charge in [0, 0.05) is 6.20 Å². The van der Waals surface area contributed by atoms with Gasteiger partial charge in [0.1, 0.15) is 5.69 Å². The van der Waals surface area contributed by atoms with E-state index in [1.165, 1.54) is 0 Å². The molecule has 3 heteroatoms. The van der Waals surface area contributed by atoms with Crippen LogP contribution in [0.3, 0.4) is 0 Å². The number of rotatable bonds is 2. The average Bonchev–Trinajstić information content (AvgIpc) is 2.56. The fourth-order valence-corrected chi connectivity index (χ4v) is 0.709. The number of ether oxygens (including phenoxy) is 1. The summed E-state index contributed by atoms with van der Waals surface area (Å²) < 4.78 is 4.78. The Bertz CT molecular complexity index is 303. The molecule has 0 saturated carbocycles. The monoisotopic (exact) mass is 163 g/mol. The predicted octanol–water partition coefficient (Wildman–Crippen LogP) is 1.19. The van der Waals surface area contributed by atoms with Crippen LogP contribution in [0.4, 0.5) is 0 Å². The molecular formula is C9H9NO2. The SMILES string of the molecule is CC#CCOC(=O)c1ccc[nH]1. The van der Waals surface area contributed by atoms with Crippen molar-refractivity contribution in [1.82, 2.24) is 4.98 Å². The van der Waals surface area contributed by atoms with Crippen LogP contribution in [0.2, 0.25) is 0 Å². The van der Waals surface area contributed by atoms with Crippen molar-refractivity contribution >= 4 is 5.97 Å². The van der Waals surface area contributed by atoms with E-state index >= 15 is 0 Å². The van der Waals surface area contributed by atoms with Crippen molar-refractivity contribution in [3.8, 4) is 11.8 Å². The van der Waals surface area contributed by atoms with Crippen LogP contribution in [0.15, 0.2) is 18.3 Å². The number of carbonyl (C=O) groups excluding carboxylic acids is 1. The van der Waals surface area contributed by atoms with Gasteiger partial charge < -0.3 is 9.72 Å². The topological polar surface area (TPSA) is 42.1 Å². The molecule has 0 aliphatic rings. The van der Waals surface area contributed by atoms with Crippen molar-refractivity contribution in [3.63, 3.8) is 0 Å². The van der Waals surface area contributed by atoms with E-state index in [1.54, 1.807) is 25.3 Å². The van der Waals surface area contributed by atoms with E-state index in [4.69, 9.17) is 4.74 Å². The largest absolute Gasteiger partial charge is 0.448 e. The Morgan fingerprint density at radius 2 is 2.58 bits per heavy atom. The van der Waals surface area contributed by atoms with Gasteiger partial charge >= 0.3 is 5.97 Å². The van der Waals surface area contributed by atoms with Gasteiger partial charge in [0.25, 0.3) is 0 Å². The van der Waals surface area contributed by atoms with Gasteiger partial charge in [-0.05, 0) is 19.1 Å². The van der Waals surface area contributed by atoms with Crippen LogP contribution in [0.5, 0.6) is 0 Å². The van der Waals surface area contributed by atoms with Crippen LogP contribution in [-0.4, -0.2) is 17.6 Å². The van der Waals surface area contributed by atoms with Gasteiger partial charge in [-0.2, -0.15) is 0 Å². The lowest BCUT2D eigenvalue weighted by molar-refractivity contribution is 0.0550. The van der Waals surface area contributed by atoms with Gasteiger partial charge in [-0.25, -0.2) is 4.79 Å². The summed E-state index contributed by atoms with van der Waals surface area (Å²) in [6, 6.07) is 3.39. The molecule has 0 fully saturated rings. The lowest BCUT2D eigenvalue weighted by atomic mass is 10.4. The molecule has 0 aliphatic carbocycles. The van der Waals surface area contributed by atoms with Crippen LogP contribution >= 0.6 is 0 Å². The van der Waals surface area contributed by atoms with E-state index < -0.39 is 0 Å². The van der Waals surface area contributed by atoms with Gasteiger partial charge in [-0.15, -0.1) is 5.92 Å². The molecule has 0 aliphatic heterocycles. The van der Waals surface area contributed by atoms with Crippen molar-refractivity contribution in [1.29, 1.82) is 0 Å². The zero-order valence-corrected chi connectivity index (χ0v) is 6.76. The summed E-state index contributed by atoms with van der Waals surface area (Å²) >= 11 is 0. The summed E-state index contributed by atoms with van der Waals surface area (Å²) in [7, 11) is 0. The van der Waals surface area contributed by atoms with Gasteiger partial charge in [-0.3, -0.25) is 0 Å². The quantitative estimate of drug-likeness (QED) is 0.525. The van der Waals surface area contributed by atoms with E-state index in [0.717, 1.165) is 0 Å². The van der Waals surface area contributed by atoms with E-state index in [9.17, 15) is 4.79 Å². The molecule has 1 rings (SSSR count). The highest BCUT2D eigenvalue weighted by Crippen LogP contribution is 1.96. The summed E-state index contributed by atoms with van der Waals surface area (Å²) in [4.78, 5) is 13.8. The number of hydrogen-bond acceptors (Lipinski definition) is 2. The molecular weight excluding hydrogens is 154 g/mol. The van der Waals surface area contributed by atoms with Crippen molar-refractivity contribution < 1.29 is 9.53 Å². The molecule has 0 aromatic carbocycles. The minimum atomic E-state index is -0.372. The van der Waals surface area contributed by atoms with E-state index in [-0.39, 0.29) is 12.6 Å². The number of aromatic nitrogens is 1. The molecule has 1 aromatic heterocycles. The number of H-pyrrole nitrogens is 1. The van der Waals surface area contributed by atoms with Crippen molar-refractivity contribution in [2.75, 3.05) is 6.61 Å². The second-order valence-electron chi connectivity index (χ2n) is 2.09. The van der Waals surface area contributed by atoms with Crippen molar-refractivity contribution in [3.05, 3.63) is 24.0 Å². The van der Waals surface area contributed by atoms with Crippen LogP contribution in [-0.2, 0) is 4.74 Å². The number of carbonyl (C=O) groups is 1. The Morgan fingerprint density at radius 1 is 1.75 bits per heavy atom. The molecule has 0 radical (unpaired) electrons. The number of hydrogen-bond donors (Lipinski definition) is 1. The fraction of sp³-hybridized carbons (Fsp3) is 0.222. The van der Waals surface area contributed by atoms with Gasteiger partial charge in [0.15, 0.2) is 6.61 Å². The Hall–Kier alpha value is -1.69. The standard InChI is InChI=1S/C9H9NO2/c1-2-3-7-12-9(11)8-5-4-6-10-8/h4-6,10H,7H2,1H3. The first-order chi connectivity index (χ1) is 5.84. The van der Waals surface area contributed by atoms with Crippen LogP contribution in [0.1, 0.15) is 17.4 Å². The molecule has 12 heavy (non-hydrogen) atoms. The molecule has 1 aromatic rings. The third kappa shape index (κ3) is 2.17. The first-order valence-corrected chi connectivity index (χ1v) is 3.54. The lowest BCUT2D eigenvalue weighted by Crippen LogP contribution is -2.05. The molecule has 1 heterocycles. The third-order valence-electron chi connectivity index (χ3n) is 1.27. The highest BCUT2D eigenvalue weighted by Gasteiger charge is 2.04. The van der Waals surface area contributed by atoms with E-state index in [0.29, 0.717) is 5.69 Å². The first kappa shape index (κ1) is 8.41. The fourth-order valence-electron chi connectivity index (χ4n) is 0.709. The minimum Gasteiger partial charge on any atom is -0.448 e. The minimum absolute atomic E-state index is 0.147. The Balaban J connectivity index is 2.43. The second kappa shape index (κ2) is 4.24. The molecule has 1 N–H and O–H groups in total. The highest BCUT2D eigenvalue weighted by atomic mass is 16.5. The van der Waals surface area contributed by atoms with Gasteiger partial charge in [-0.1, -0.05) is 5.92 Å². The summed E-state index contributed by atoms with van der Waals surface area (Å²) in [5, 5.41) is 0. The maximum atomic E-state index is 11.1. The smallest absolute Gasteiger partial charge is 0.355 e. The maximum absolute atomic E-state index is 11.1. The second-order valence-corrected chi connectivity index (χ2v) is 2.09. The zero-order valence-electron chi connectivity index (χ0n) is 6.76. The number of esters is 1. The average molecular weight is 163 g/mol. The number of nitrogens with one attached hydrogen (secondary N) is 1. The first-order valence-electron chi connectivity index (χ1n) is 3.54. The third-order valence-corrected chi connectivity index (χ3v) is 1.27. The normalized spacial score (nSPS) is 8.42. The van der Waals surface area contributed by atoms with Crippen molar-refractivity contribution in [2.24, 2.45) is 0 Å². The van der Waals surface area contributed by atoms with Crippen LogP contribution in [0.25, 0.3) is 0 Å². The predicted molar refractivity (Wildman–Crippen MR) is 44.5 cm³/mol. The van der Waals surface area contributed by atoms with Gasteiger partial charge in [0.05, 0.1) is 0 Å². The molecule has 0 spiro atoms. The Morgan fingerprint density at radius 3 is 3.17 bits per heavy atom. The summed E-state index contributed by atoms with van der Waals surface area (Å²) in [6.45, 7) is 1.84. The molecule has 3 nitrogen and oxygen atoms in total. The molecule has 62 valence electrons. The summed E-state index contributed by atoms with van der Waals surface area (Å²) in [5.74, 6) is 4.89. The highest BCUT2D eigenvalue weighted by molar-refractivity contribution is 5.87. The van der Waals surface area contributed by atoms with Crippen LogP contribution < -0.4 is 0 Å². The molecule has 0 atom stereocenters. The van der Waals surface area contributed by atoms with Crippen molar-refractivity contribution in [2.45, 2.75) is 6.92 Å². The van der Waals surface area contributed by atoms with Gasteiger partial charge in [0.2, 0.25) is 0 Å². The molecule has 0 bridgehead atoms. The number of aromatic amines is 1. The molecule has 0 unspecified atom stereocenters. The summed E-state index contributed by atoms with van der Waals surface area (Å²) in [6.07, 6.45) is 1.67. The van der Waals surface area contributed by atoms with E-state index in [1.807, 2.05) is 0 Å².